The Kier molecular flexibility index (Phi) is 9.22. The minimum Gasteiger partial charge on any atom is -0.493 e. The molecule has 5 rings (SSSR count). The molecule has 5 atom stereocenters. The zero-order chi connectivity index (χ0) is 33.2. The Labute approximate surface area is 265 Å². The lowest BCUT2D eigenvalue weighted by Gasteiger charge is -2.30. The van der Waals surface area contributed by atoms with Crippen molar-refractivity contribution in [1.29, 1.82) is 0 Å². The summed E-state index contributed by atoms with van der Waals surface area (Å²) in [7, 11) is 1.41. The molecule has 1 saturated heterocycles. The average Bonchev–Trinajstić information content (AvgIpc) is 3.30. The highest BCUT2D eigenvalue weighted by molar-refractivity contribution is 5.96. The van der Waals surface area contributed by atoms with Gasteiger partial charge in [0.05, 0.1) is 25.7 Å². The second kappa shape index (κ2) is 13.0. The molecule has 2 aliphatic heterocycles. The Morgan fingerprint density at radius 2 is 1.96 bits per heavy atom. The van der Waals surface area contributed by atoms with Gasteiger partial charge in [0.1, 0.15) is 23.2 Å². The van der Waals surface area contributed by atoms with E-state index in [9.17, 15) is 29.1 Å². The van der Waals surface area contributed by atoms with Crippen molar-refractivity contribution in [1.82, 2.24) is 34.9 Å². The highest BCUT2D eigenvalue weighted by Crippen LogP contribution is 2.45. The van der Waals surface area contributed by atoms with Gasteiger partial charge in [0.25, 0.3) is 5.56 Å². The Bertz CT molecular complexity index is 1560. The Morgan fingerprint density at radius 1 is 1.17 bits per heavy atom. The van der Waals surface area contributed by atoms with Crippen LogP contribution in [0.15, 0.2) is 41.9 Å². The summed E-state index contributed by atoms with van der Waals surface area (Å²) in [6, 6.07) is -2.91. The van der Waals surface area contributed by atoms with Gasteiger partial charge in [-0.15, -0.1) is 0 Å². The maximum Gasteiger partial charge on any atom is 0.408 e. The van der Waals surface area contributed by atoms with Gasteiger partial charge in [-0.2, -0.15) is 5.10 Å². The third kappa shape index (κ3) is 6.77. The summed E-state index contributed by atoms with van der Waals surface area (Å²) >= 11 is 0. The molecule has 4 heterocycles. The number of alkyl carbamates (subject to hydrolysis) is 1. The molecule has 0 radical (unpaired) electrons. The van der Waals surface area contributed by atoms with Crippen LogP contribution in [0.2, 0.25) is 0 Å². The van der Waals surface area contributed by atoms with E-state index in [4.69, 9.17) is 9.47 Å². The average molecular weight is 640 g/mol. The molecule has 2 aromatic rings. The first-order valence-electron chi connectivity index (χ1n) is 15.5. The molecule has 3 amide bonds. The smallest absolute Gasteiger partial charge is 0.408 e. The van der Waals surface area contributed by atoms with E-state index in [0.717, 1.165) is 19.3 Å². The fourth-order valence-corrected chi connectivity index (χ4v) is 6.19. The summed E-state index contributed by atoms with van der Waals surface area (Å²) in [6.45, 7) is 5.05. The molecule has 0 aromatic carbocycles. The van der Waals surface area contributed by atoms with E-state index in [2.05, 4.69) is 20.7 Å². The number of nitrogens with zero attached hydrogens (tertiary/aromatic N) is 5. The molecular weight excluding hydrogens is 598 g/mol. The van der Waals surface area contributed by atoms with Gasteiger partial charge in [-0.1, -0.05) is 25.0 Å². The monoisotopic (exact) mass is 639 g/mol. The van der Waals surface area contributed by atoms with E-state index in [0.29, 0.717) is 12.8 Å². The lowest BCUT2D eigenvalue weighted by atomic mass is 10.0. The highest BCUT2D eigenvalue weighted by Gasteiger charge is 2.61. The zero-order valence-electron chi connectivity index (χ0n) is 26.5. The number of methoxy groups -OCH3 is 1. The second-order valence-electron chi connectivity index (χ2n) is 13.0. The zero-order valence-corrected chi connectivity index (χ0v) is 26.5. The number of fused-ring (bicyclic) bond motifs is 2. The predicted octanol–water partition coefficient (Wildman–Crippen LogP) is 1.95. The first-order chi connectivity index (χ1) is 21.8. The van der Waals surface area contributed by atoms with Crippen molar-refractivity contribution < 1.29 is 33.8 Å². The molecule has 15 heteroatoms. The van der Waals surface area contributed by atoms with E-state index in [-0.39, 0.29) is 36.7 Å². The van der Waals surface area contributed by atoms with Crippen LogP contribution in [0.1, 0.15) is 71.8 Å². The number of carboxylic acid groups (broad SMARTS) is 1. The second-order valence-corrected chi connectivity index (χ2v) is 13.0. The molecule has 0 spiro atoms. The van der Waals surface area contributed by atoms with Crippen LogP contribution in [0.25, 0.3) is 5.69 Å². The van der Waals surface area contributed by atoms with Crippen molar-refractivity contribution >= 4 is 23.9 Å². The van der Waals surface area contributed by atoms with Crippen LogP contribution in [0, 0.1) is 5.92 Å². The molecular formula is C31H41N7O8. The minimum atomic E-state index is -1.49. The normalized spacial score (nSPS) is 27.0. The van der Waals surface area contributed by atoms with Gasteiger partial charge < -0.3 is 30.1 Å². The molecule has 248 valence electrons. The third-order valence-corrected chi connectivity index (χ3v) is 8.60. The molecule has 3 aliphatic rings. The highest BCUT2D eigenvalue weighted by atomic mass is 16.6. The van der Waals surface area contributed by atoms with Gasteiger partial charge in [0, 0.05) is 31.3 Å². The molecule has 1 unspecified atom stereocenters. The Balaban J connectivity index is 1.51. The number of imidazole rings is 1. The lowest BCUT2D eigenvalue weighted by molar-refractivity contribution is -0.145. The first kappa shape index (κ1) is 32.7. The van der Waals surface area contributed by atoms with Crippen molar-refractivity contribution in [3.63, 3.8) is 0 Å². The number of hydrogen-bond donors (Lipinski definition) is 3. The molecule has 2 fully saturated rings. The van der Waals surface area contributed by atoms with Gasteiger partial charge in [0.15, 0.2) is 11.4 Å². The number of amides is 3. The third-order valence-electron chi connectivity index (χ3n) is 8.60. The SMILES string of the molecule is COc1cnn([C@@H]2C[C@H]3C(=O)N[C@]4(C(=O)O)CC4C=CCCCCC[C@H](NC(=O)OC(C)(C)C)C(=O)N3C2)c(=O)c1-n1ccnc1. The summed E-state index contributed by atoms with van der Waals surface area (Å²) < 4.78 is 13.5. The number of rotatable bonds is 5. The number of hydrogen-bond acceptors (Lipinski definition) is 9. The van der Waals surface area contributed by atoms with Crippen LogP contribution >= 0.6 is 0 Å². The number of carbonyl (C=O) groups is 4. The van der Waals surface area contributed by atoms with Crippen LogP contribution in [0.3, 0.4) is 0 Å². The number of ether oxygens (including phenoxy) is 2. The fraction of sp³-hybridized carbons (Fsp3) is 0.581. The molecule has 46 heavy (non-hydrogen) atoms. The Morgan fingerprint density at radius 3 is 2.63 bits per heavy atom. The standard InChI is InChI=1S/C31H41N7O8/c1-30(2,3)46-29(44)34-21-11-9-7-5-6-8-10-19-15-31(19,28(42)43)35-25(39)22-14-20(17-37(22)26(21)40)38-27(41)24(23(45-4)16-33-38)36-13-12-32-18-36/h8,10,12-13,16,18-22H,5-7,9,11,14-15,17H2,1-4H3,(H,34,44)(H,35,39)(H,42,43)/t19?,20-,21+,22+,31-/m1/s1. The van der Waals surface area contributed by atoms with E-state index in [1.54, 1.807) is 27.0 Å². The molecule has 2 aromatic heterocycles. The summed E-state index contributed by atoms with van der Waals surface area (Å²) in [4.78, 5) is 72.5. The Hall–Kier alpha value is -4.69. The van der Waals surface area contributed by atoms with Crippen molar-refractivity contribution in [2.45, 2.75) is 95.0 Å². The van der Waals surface area contributed by atoms with Crippen molar-refractivity contribution in [3.8, 4) is 11.4 Å². The number of carbonyl (C=O) groups excluding carboxylic acids is 3. The van der Waals surface area contributed by atoms with Crippen LogP contribution in [0.4, 0.5) is 4.79 Å². The van der Waals surface area contributed by atoms with E-state index >= 15 is 0 Å². The maximum atomic E-state index is 14.2. The van der Waals surface area contributed by atoms with Gasteiger partial charge >= 0.3 is 12.1 Å². The summed E-state index contributed by atoms with van der Waals surface area (Å²) in [6.07, 6.45) is 12.3. The number of carboxylic acids is 1. The number of aliphatic carboxylic acids is 1. The number of allylic oxidation sites excluding steroid dienone is 1. The molecule has 3 N–H and O–H groups in total. The van der Waals surface area contributed by atoms with Crippen LogP contribution in [-0.4, -0.2) is 90.1 Å². The lowest BCUT2D eigenvalue weighted by Crippen LogP contribution is -2.56. The molecule has 15 nitrogen and oxygen atoms in total. The first-order valence-corrected chi connectivity index (χ1v) is 15.5. The van der Waals surface area contributed by atoms with E-state index in [1.807, 2.05) is 12.2 Å². The molecule has 1 saturated carbocycles. The van der Waals surface area contributed by atoms with Gasteiger partial charge in [-0.05, 0) is 46.5 Å². The quantitative estimate of drug-likeness (QED) is 0.408. The van der Waals surface area contributed by atoms with Crippen molar-refractivity contribution in [3.05, 3.63) is 47.4 Å². The van der Waals surface area contributed by atoms with Crippen molar-refractivity contribution in [2.75, 3.05) is 13.7 Å². The van der Waals surface area contributed by atoms with E-state index < -0.39 is 58.7 Å². The van der Waals surface area contributed by atoms with Crippen LogP contribution in [-0.2, 0) is 19.1 Å². The van der Waals surface area contributed by atoms with Gasteiger partial charge in [-0.25, -0.2) is 19.3 Å². The van der Waals surface area contributed by atoms with Crippen LogP contribution in [0.5, 0.6) is 5.75 Å². The van der Waals surface area contributed by atoms with Crippen molar-refractivity contribution in [2.24, 2.45) is 5.92 Å². The molecule has 0 bridgehead atoms. The minimum absolute atomic E-state index is 0.0183. The van der Waals surface area contributed by atoms with Gasteiger partial charge in [-0.3, -0.25) is 19.0 Å². The molecule has 1 aliphatic carbocycles. The summed E-state index contributed by atoms with van der Waals surface area (Å²) in [5.41, 5.74) is -2.67. The number of nitrogens with one attached hydrogen (secondary N) is 2. The largest absolute Gasteiger partial charge is 0.493 e. The topological polar surface area (TPSA) is 187 Å². The summed E-state index contributed by atoms with van der Waals surface area (Å²) in [5.74, 6) is -2.52. The van der Waals surface area contributed by atoms with Crippen LogP contribution < -0.4 is 20.9 Å². The predicted molar refractivity (Wildman–Crippen MR) is 163 cm³/mol. The fourth-order valence-electron chi connectivity index (χ4n) is 6.19. The number of aromatic nitrogens is 4. The maximum absolute atomic E-state index is 14.2. The summed E-state index contributed by atoms with van der Waals surface area (Å²) in [5, 5.41) is 19.8. The van der Waals surface area contributed by atoms with E-state index in [1.165, 1.54) is 40.0 Å². The van der Waals surface area contributed by atoms with Gasteiger partial charge in [0.2, 0.25) is 11.8 Å².